The van der Waals surface area contributed by atoms with E-state index in [1.54, 1.807) is 0 Å². The Morgan fingerprint density at radius 2 is 2.58 bits per heavy atom. The Balaban J connectivity index is 2.16. The average Bonchev–Trinajstić information content (AvgIpc) is 2.47. The van der Waals surface area contributed by atoms with Crippen LogP contribution in [0.4, 0.5) is 0 Å². The van der Waals surface area contributed by atoms with Gasteiger partial charge >= 0.3 is 11.9 Å². The Labute approximate surface area is 70.0 Å². The fourth-order valence-corrected chi connectivity index (χ4v) is 0.944. The molecular formula is C7H11NO4. The lowest BCUT2D eigenvalue weighted by molar-refractivity contribution is -0.140. The van der Waals surface area contributed by atoms with Crippen LogP contribution in [0.25, 0.3) is 0 Å². The van der Waals surface area contributed by atoms with Gasteiger partial charge < -0.3 is 14.8 Å². The van der Waals surface area contributed by atoms with Crippen molar-refractivity contribution in [2.45, 2.75) is 12.5 Å². The predicted octanol–water partition coefficient (Wildman–Crippen LogP) is -0.935. The third kappa shape index (κ3) is 2.50. The molecule has 1 fully saturated rings. The van der Waals surface area contributed by atoms with Crippen LogP contribution in [0.15, 0.2) is 0 Å². The van der Waals surface area contributed by atoms with Crippen LogP contribution in [-0.4, -0.2) is 38.2 Å². The van der Waals surface area contributed by atoms with E-state index < -0.39 is 0 Å². The Morgan fingerprint density at radius 3 is 3.08 bits per heavy atom. The van der Waals surface area contributed by atoms with E-state index in [-0.39, 0.29) is 24.5 Å². The van der Waals surface area contributed by atoms with Crippen molar-refractivity contribution in [2.24, 2.45) is 0 Å². The van der Waals surface area contributed by atoms with Gasteiger partial charge in [-0.15, -0.1) is 0 Å². The van der Waals surface area contributed by atoms with E-state index in [2.05, 4.69) is 14.8 Å². The Hall–Kier alpha value is -1.10. The first-order valence-corrected chi connectivity index (χ1v) is 3.68. The Morgan fingerprint density at radius 1 is 1.83 bits per heavy atom. The van der Waals surface area contributed by atoms with Crippen LogP contribution in [0.1, 0.15) is 6.42 Å². The number of cyclic esters (lactones) is 1. The highest BCUT2D eigenvalue weighted by atomic mass is 16.5. The summed E-state index contributed by atoms with van der Waals surface area (Å²) in [7, 11) is 1.32. The van der Waals surface area contributed by atoms with E-state index in [9.17, 15) is 9.59 Å². The number of methoxy groups -OCH3 is 1. The molecule has 0 aromatic heterocycles. The zero-order valence-electron chi connectivity index (χ0n) is 6.83. The quantitative estimate of drug-likeness (QED) is 0.558. The summed E-state index contributed by atoms with van der Waals surface area (Å²) in [5.41, 5.74) is 0. The average molecular weight is 173 g/mol. The van der Waals surface area contributed by atoms with Gasteiger partial charge in [0.15, 0.2) is 0 Å². The van der Waals surface area contributed by atoms with Crippen molar-refractivity contribution in [2.75, 3.05) is 20.3 Å². The number of rotatable bonds is 3. The third-order valence-electron chi connectivity index (χ3n) is 1.62. The monoisotopic (exact) mass is 173 g/mol. The second-order valence-corrected chi connectivity index (χ2v) is 2.54. The summed E-state index contributed by atoms with van der Waals surface area (Å²) in [5, 5.41) is 2.84. The normalized spacial score (nSPS) is 22.1. The molecule has 0 radical (unpaired) electrons. The summed E-state index contributed by atoms with van der Waals surface area (Å²) in [6.07, 6.45) is 0.330. The number of ether oxygens (including phenoxy) is 2. The van der Waals surface area contributed by atoms with Gasteiger partial charge in [0.2, 0.25) is 0 Å². The summed E-state index contributed by atoms with van der Waals surface area (Å²) in [5.74, 6) is -0.563. The molecule has 12 heavy (non-hydrogen) atoms. The number of carbonyl (C=O) groups is 2. The van der Waals surface area contributed by atoms with Crippen LogP contribution in [0.2, 0.25) is 0 Å². The van der Waals surface area contributed by atoms with Gasteiger partial charge in [-0.1, -0.05) is 0 Å². The van der Waals surface area contributed by atoms with Crippen molar-refractivity contribution in [3.05, 3.63) is 0 Å². The van der Waals surface area contributed by atoms with Crippen molar-refractivity contribution < 1.29 is 19.1 Å². The van der Waals surface area contributed by atoms with Crippen LogP contribution in [0, 0.1) is 0 Å². The molecular weight excluding hydrogens is 162 g/mol. The first-order chi connectivity index (χ1) is 5.72. The topological polar surface area (TPSA) is 64.6 Å². The van der Waals surface area contributed by atoms with Gasteiger partial charge in [0.1, 0.15) is 6.61 Å². The third-order valence-corrected chi connectivity index (χ3v) is 1.62. The van der Waals surface area contributed by atoms with E-state index in [1.165, 1.54) is 7.11 Å². The van der Waals surface area contributed by atoms with Gasteiger partial charge in [0, 0.05) is 0 Å². The SMILES string of the molecule is COC(=O)CN[C@H]1COC(=O)C1. The number of carbonyl (C=O) groups excluding carboxylic acids is 2. The van der Waals surface area contributed by atoms with E-state index in [4.69, 9.17) is 0 Å². The lowest BCUT2D eigenvalue weighted by Crippen LogP contribution is -2.34. The highest BCUT2D eigenvalue weighted by Crippen LogP contribution is 2.04. The highest BCUT2D eigenvalue weighted by molar-refractivity contribution is 5.73. The minimum absolute atomic E-state index is 0.0448. The van der Waals surface area contributed by atoms with Crippen LogP contribution < -0.4 is 5.32 Å². The van der Waals surface area contributed by atoms with Crippen LogP contribution in [-0.2, 0) is 19.1 Å². The molecule has 68 valence electrons. The van der Waals surface area contributed by atoms with Gasteiger partial charge in [-0.05, 0) is 0 Å². The van der Waals surface area contributed by atoms with Gasteiger partial charge in [0.25, 0.3) is 0 Å². The summed E-state index contributed by atoms with van der Waals surface area (Å²) in [6, 6.07) is -0.0448. The molecule has 1 rings (SSSR count). The molecule has 5 heteroatoms. The molecule has 0 spiro atoms. The number of hydrogen-bond acceptors (Lipinski definition) is 5. The summed E-state index contributed by atoms with van der Waals surface area (Å²) in [6.45, 7) is 0.466. The van der Waals surface area contributed by atoms with Gasteiger partial charge in [-0.3, -0.25) is 9.59 Å². The molecule has 1 saturated heterocycles. The summed E-state index contributed by atoms with van der Waals surface area (Å²) in [4.78, 5) is 21.2. The molecule has 1 aliphatic rings. The number of nitrogens with one attached hydrogen (secondary N) is 1. The smallest absolute Gasteiger partial charge is 0.319 e. The summed E-state index contributed by atoms with van der Waals surface area (Å²) >= 11 is 0. The van der Waals surface area contributed by atoms with Crippen LogP contribution in [0.5, 0.6) is 0 Å². The maximum Gasteiger partial charge on any atom is 0.319 e. The van der Waals surface area contributed by atoms with Gasteiger partial charge in [0.05, 0.1) is 26.1 Å². The standard InChI is InChI=1S/C7H11NO4/c1-11-7(10)3-8-5-2-6(9)12-4-5/h5,8H,2-4H2,1H3/t5-/m1/s1. The number of esters is 2. The highest BCUT2D eigenvalue weighted by Gasteiger charge is 2.23. The van der Waals surface area contributed by atoms with E-state index in [1.807, 2.05) is 0 Å². The van der Waals surface area contributed by atoms with Crippen molar-refractivity contribution in [3.63, 3.8) is 0 Å². The molecule has 0 aromatic carbocycles. The van der Waals surface area contributed by atoms with E-state index in [0.717, 1.165) is 0 Å². The molecule has 1 aliphatic heterocycles. The van der Waals surface area contributed by atoms with Crippen molar-refractivity contribution in [1.29, 1.82) is 0 Å². The van der Waals surface area contributed by atoms with Crippen LogP contribution in [0.3, 0.4) is 0 Å². The fourth-order valence-electron chi connectivity index (χ4n) is 0.944. The molecule has 1 N–H and O–H groups in total. The zero-order valence-corrected chi connectivity index (χ0v) is 6.83. The second-order valence-electron chi connectivity index (χ2n) is 2.54. The van der Waals surface area contributed by atoms with Crippen LogP contribution >= 0.6 is 0 Å². The Kier molecular flexibility index (Phi) is 3.04. The Bertz CT molecular complexity index is 192. The maximum absolute atomic E-state index is 10.6. The minimum Gasteiger partial charge on any atom is -0.468 e. The van der Waals surface area contributed by atoms with Crippen molar-refractivity contribution in [1.82, 2.24) is 5.32 Å². The lowest BCUT2D eigenvalue weighted by atomic mass is 10.2. The van der Waals surface area contributed by atoms with Crippen molar-refractivity contribution in [3.8, 4) is 0 Å². The molecule has 0 saturated carbocycles. The number of hydrogen-bond donors (Lipinski definition) is 1. The van der Waals surface area contributed by atoms with Gasteiger partial charge in [-0.25, -0.2) is 0 Å². The molecule has 0 aromatic rings. The molecule has 0 unspecified atom stereocenters. The zero-order chi connectivity index (χ0) is 8.97. The molecule has 0 aliphatic carbocycles. The molecule has 0 amide bonds. The fraction of sp³-hybridized carbons (Fsp3) is 0.714. The molecule has 1 atom stereocenters. The maximum atomic E-state index is 10.6. The van der Waals surface area contributed by atoms with Gasteiger partial charge in [-0.2, -0.15) is 0 Å². The van der Waals surface area contributed by atoms with E-state index in [0.29, 0.717) is 13.0 Å². The summed E-state index contributed by atoms with van der Waals surface area (Å²) < 4.78 is 9.09. The molecule has 1 heterocycles. The minimum atomic E-state index is -0.339. The first-order valence-electron chi connectivity index (χ1n) is 3.68. The van der Waals surface area contributed by atoms with E-state index >= 15 is 0 Å². The molecule has 5 nitrogen and oxygen atoms in total. The molecule has 0 bridgehead atoms. The van der Waals surface area contributed by atoms with Crippen molar-refractivity contribution >= 4 is 11.9 Å². The lowest BCUT2D eigenvalue weighted by Gasteiger charge is -2.06. The predicted molar refractivity (Wildman–Crippen MR) is 39.4 cm³/mol. The second kappa shape index (κ2) is 4.06. The largest absolute Gasteiger partial charge is 0.468 e. The first kappa shape index (κ1) is 8.99.